The van der Waals surface area contributed by atoms with Crippen molar-refractivity contribution in [3.05, 3.63) is 29.1 Å². The minimum absolute atomic E-state index is 0.303. The Morgan fingerprint density at radius 2 is 2.23 bits per heavy atom. The Kier molecular flexibility index (Phi) is 3.01. The second-order valence-electron chi connectivity index (χ2n) is 2.90. The lowest BCUT2D eigenvalue weighted by Gasteiger charge is -2.06. The molecule has 0 aliphatic heterocycles. The van der Waals surface area contributed by atoms with Gasteiger partial charge in [-0.3, -0.25) is 0 Å². The number of hydrogen-bond acceptors (Lipinski definition) is 2. The third-order valence-electron chi connectivity index (χ3n) is 1.98. The zero-order valence-electron chi connectivity index (χ0n) is 7.38. The molecule has 1 N–H and O–H groups in total. The molecular formula is C10H11FO2. The van der Waals surface area contributed by atoms with E-state index >= 15 is 0 Å². The Balaban J connectivity index is 3.02. The molecular weight excluding hydrogens is 171 g/mol. The molecule has 0 aliphatic rings. The first-order valence-electron chi connectivity index (χ1n) is 4.07. The normalized spacial score (nSPS) is 10.0. The summed E-state index contributed by atoms with van der Waals surface area (Å²) in [6, 6.07) is 2.81. The second kappa shape index (κ2) is 4.03. The Bertz CT molecular complexity index is 321. The summed E-state index contributed by atoms with van der Waals surface area (Å²) in [6.45, 7) is 1.78. The average molecular weight is 182 g/mol. The van der Waals surface area contributed by atoms with Gasteiger partial charge in [0, 0.05) is 12.0 Å². The maximum atomic E-state index is 12.8. The van der Waals surface area contributed by atoms with Crippen molar-refractivity contribution in [2.24, 2.45) is 0 Å². The van der Waals surface area contributed by atoms with E-state index in [2.05, 4.69) is 0 Å². The molecule has 0 bridgehead atoms. The van der Waals surface area contributed by atoms with E-state index in [0.29, 0.717) is 18.4 Å². The van der Waals surface area contributed by atoms with E-state index in [0.717, 1.165) is 11.8 Å². The number of benzene rings is 1. The first-order valence-corrected chi connectivity index (χ1v) is 4.07. The molecule has 0 unspecified atom stereocenters. The topological polar surface area (TPSA) is 37.3 Å². The number of aldehydes is 1. The van der Waals surface area contributed by atoms with Crippen LogP contribution in [0.4, 0.5) is 4.39 Å². The largest absolute Gasteiger partial charge is 0.505 e. The lowest BCUT2D eigenvalue weighted by atomic mass is 10.0. The molecule has 0 spiro atoms. The summed E-state index contributed by atoms with van der Waals surface area (Å²) in [4.78, 5) is 10.1. The lowest BCUT2D eigenvalue weighted by Crippen LogP contribution is -1.93. The molecule has 1 rings (SSSR count). The van der Waals surface area contributed by atoms with Gasteiger partial charge >= 0.3 is 0 Å². The van der Waals surface area contributed by atoms with E-state index in [9.17, 15) is 14.3 Å². The van der Waals surface area contributed by atoms with Gasteiger partial charge in [-0.1, -0.05) is 6.07 Å². The van der Waals surface area contributed by atoms with Crippen molar-refractivity contribution in [2.45, 2.75) is 19.8 Å². The Morgan fingerprint density at radius 3 is 2.85 bits per heavy atom. The number of hydrogen-bond donors (Lipinski definition) is 1. The van der Waals surface area contributed by atoms with Crippen molar-refractivity contribution in [3.63, 3.8) is 0 Å². The number of halogens is 1. The quantitative estimate of drug-likeness (QED) is 0.725. The molecule has 13 heavy (non-hydrogen) atoms. The van der Waals surface area contributed by atoms with E-state index in [4.69, 9.17) is 0 Å². The van der Waals surface area contributed by atoms with Crippen LogP contribution >= 0.6 is 0 Å². The fraction of sp³-hybridized carbons (Fsp3) is 0.300. The number of phenolic OH excluding ortho intramolecular Hbond substituents is 1. The van der Waals surface area contributed by atoms with Gasteiger partial charge < -0.3 is 9.90 Å². The van der Waals surface area contributed by atoms with Gasteiger partial charge in [-0.05, 0) is 25.0 Å². The summed E-state index contributed by atoms with van der Waals surface area (Å²) in [7, 11) is 0. The van der Waals surface area contributed by atoms with Crippen LogP contribution in [-0.2, 0) is 11.2 Å². The van der Waals surface area contributed by atoms with Gasteiger partial charge in [0.1, 0.15) is 6.29 Å². The van der Waals surface area contributed by atoms with Crippen molar-refractivity contribution in [1.29, 1.82) is 0 Å². The van der Waals surface area contributed by atoms with Crippen LogP contribution in [0.15, 0.2) is 12.1 Å². The Morgan fingerprint density at radius 1 is 1.54 bits per heavy atom. The van der Waals surface area contributed by atoms with Crippen molar-refractivity contribution in [2.75, 3.05) is 0 Å². The first kappa shape index (κ1) is 9.71. The molecule has 0 aromatic heterocycles. The number of aromatic hydroxyl groups is 1. The molecule has 0 heterocycles. The molecule has 0 atom stereocenters. The summed E-state index contributed by atoms with van der Waals surface area (Å²) in [6.07, 6.45) is 1.45. The fourth-order valence-corrected chi connectivity index (χ4v) is 1.23. The molecule has 0 saturated heterocycles. The molecule has 2 nitrogen and oxygen atoms in total. The minimum Gasteiger partial charge on any atom is -0.505 e. The van der Waals surface area contributed by atoms with Gasteiger partial charge in [0.2, 0.25) is 0 Å². The molecule has 1 aromatic carbocycles. The molecule has 0 aliphatic carbocycles. The van der Waals surface area contributed by atoms with Crippen LogP contribution < -0.4 is 0 Å². The number of carbonyl (C=O) groups is 1. The highest BCUT2D eigenvalue weighted by atomic mass is 19.1. The number of aryl methyl sites for hydroxylation is 1. The second-order valence-corrected chi connectivity index (χ2v) is 2.90. The van der Waals surface area contributed by atoms with Crippen LogP contribution in [0.5, 0.6) is 5.75 Å². The summed E-state index contributed by atoms with van der Waals surface area (Å²) in [5.41, 5.74) is 1.33. The van der Waals surface area contributed by atoms with E-state index in [-0.39, 0.29) is 5.75 Å². The molecule has 3 heteroatoms. The summed E-state index contributed by atoms with van der Waals surface area (Å²) in [5, 5.41) is 9.31. The minimum atomic E-state index is -0.633. The predicted octanol–water partition coefficient (Wildman–Crippen LogP) is 1.97. The number of rotatable bonds is 3. The zero-order valence-corrected chi connectivity index (χ0v) is 7.38. The predicted molar refractivity (Wildman–Crippen MR) is 47.2 cm³/mol. The molecule has 0 fully saturated rings. The SMILES string of the molecule is Cc1ccc(F)c(O)c1CCC=O. The fourth-order valence-electron chi connectivity index (χ4n) is 1.23. The Labute approximate surface area is 76.0 Å². The van der Waals surface area contributed by atoms with Gasteiger partial charge in [-0.25, -0.2) is 4.39 Å². The van der Waals surface area contributed by atoms with E-state index < -0.39 is 5.82 Å². The van der Waals surface area contributed by atoms with Gasteiger partial charge in [0.25, 0.3) is 0 Å². The van der Waals surface area contributed by atoms with Crippen LogP contribution in [0.2, 0.25) is 0 Å². The van der Waals surface area contributed by atoms with Gasteiger partial charge in [-0.2, -0.15) is 0 Å². The number of carbonyl (C=O) groups excluding carboxylic acids is 1. The van der Waals surface area contributed by atoms with E-state index in [1.165, 1.54) is 6.07 Å². The maximum Gasteiger partial charge on any atom is 0.165 e. The van der Waals surface area contributed by atoms with E-state index in [1.807, 2.05) is 0 Å². The summed E-state index contributed by atoms with van der Waals surface area (Å²) >= 11 is 0. The average Bonchev–Trinajstić information content (AvgIpc) is 2.12. The van der Waals surface area contributed by atoms with Gasteiger partial charge in [0.15, 0.2) is 11.6 Å². The highest BCUT2D eigenvalue weighted by Crippen LogP contribution is 2.25. The maximum absolute atomic E-state index is 12.8. The highest BCUT2D eigenvalue weighted by molar-refractivity contribution is 5.51. The lowest BCUT2D eigenvalue weighted by molar-refractivity contribution is -0.107. The van der Waals surface area contributed by atoms with Gasteiger partial charge in [0.05, 0.1) is 0 Å². The summed E-state index contributed by atoms with van der Waals surface area (Å²) < 4.78 is 12.8. The van der Waals surface area contributed by atoms with Crippen molar-refractivity contribution in [3.8, 4) is 5.75 Å². The molecule has 1 aromatic rings. The first-order chi connectivity index (χ1) is 6.16. The monoisotopic (exact) mass is 182 g/mol. The van der Waals surface area contributed by atoms with Crippen LogP contribution in [0, 0.1) is 12.7 Å². The van der Waals surface area contributed by atoms with Gasteiger partial charge in [-0.15, -0.1) is 0 Å². The molecule has 0 amide bonds. The van der Waals surface area contributed by atoms with Crippen LogP contribution in [0.25, 0.3) is 0 Å². The van der Waals surface area contributed by atoms with Crippen molar-refractivity contribution >= 4 is 6.29 Å². The van der Waals surface area contributed by atoms with Crippen LogP contribution in [0.3, 0.4) is 0 Å². The van der Waals surface area contributed by atoms with Crippen molar-refractivity contribution in [1.82, 2.24) is 0 Å². The summed E-state index contributed by atoms with van der Waals surface area (Å²) in [5.74, 6) is -0.964. The highest BCUT2D eigenvalue weighted by Gasteiger charge is 2.08. The van der Waals surface area contributed by atoms with Crippen molar-refractivity contribution < 1.29 is 14.3 Å². The molecule has 70 valence electrons. The third-order valence-corrected chi connectivity index (χ3v) is 1.98. The Hall–Kier alpha value is -1.38. The van der Waals surface area contributed by atoms with E-state index in [1.54, 1.807) is 13.0 Å². The zero-order chi connectivity index (χ0) is 9.84. The standard InChI is InChI=1S/C10H11FO2/c1-7-4-5-9(11)10(13)8(7)3-2-6-12/h4-6,13H,2-3H2,1H3. The molecule has 0 saturated carbocycles. The van der Waals surface area contributed by atoms with Crippen LogP contribution in [0.1, 0.15) is 17.5 Å². The smallest absolute Gasteiger partial charge is 0.165 e. The third kappa shape index (κ3) is 2.05. The molecule has 0 radical (unpaired) electrons. The van der Waals surface area contributed by atoms with Crippen LogP contribution in [-0.4, -0.2) is 11.4 Å². The number of phenols is 1.